The number of carbonyl (C=O) groups is 2. The van der Waals surface area contributed by atoms with Crippen LogP contribution in [0.3, 0.4) is 0 Å². The van der Waals surface area contributed by atoms with Crippen LogP contribution in [0.5, 0.6) is 23.0 Å². The molecule has 4 heterocycles. The van der Waals surface area contributed by atoms with E-state index in [0.29, 0.717) is 61.5 Å². The highest BCUT2D eigenvalue weighted by Gasteiger charge is 2.52. The van der Waals surface area contributed by atoms with Gasteiger partial charge in [-0.25, -0.2) is 9.59 Å². The zero-order valence-electron chi connectivity index (χ0n) is 39.5. The third-order valence-electron chi connectivity index (χ3n) is 13.9. The van der Waals surface area contributed by atoms with Crippen molar-refractivity contribution in [1.29, 1.82) is 0 Å². The van der Waals surface area contributed by atoms with Crippen LogP contribution in [0.2, 0.25) is 0 Å². The summed E-state index contributed by atoms with van der Waals surface area (Å²) >= 11 is 0. The molecule has 2 fully saturated rings. The number of hydrogen-bond acceptors (Lipinski definition) is 6. The van der Waals surface area contributed by atoms with E-state index in [0.717, 1.165) is 44.5 Å². The minimum absolute atomic E-state index is 0.0529. The van der Waals surface area contributed by atoms with Gasteiger partial charge >= 0.3 is 12.1 Å². The average Bonchev–Trinajstić information content (AvgIpc) is 3.87. The van der Waals surface area contributed by atoms with Gasteiger partial charge in [-0.15, -0.1) is 0 Å². The fraction of sp³-hybridized carbons (Fsp3) is 0.167. The minimum atomic E-state index is -1.66. The first-order valence-electron chi connectivity index (χ1n) is 24.5. The number of fused-ring (bicyclic) bond motifs is 10. The van der Waals surface area contributed by atoms with Gasteiger partial charge in [-0.05, 0) is 46.5 Å². The van der Waals surface area contributed by atoms with Crippen LogP contribution in [-0.4, -0.2) is 44.0 Å². The van der Waals surface area contributed by atoms with Gasteiger partial charge < -0.3 is 37.7 Å². The number of carbonyl (C=O) groups excluding carboxylic acids is 2. The van der Waals surface area contributed by atoms with Crippen LogP contribution in [0.15, 0.2) is 218 Å². The van der Waals surface area contributed by atoms with E-state index in [1.807, 2.05) is 165 Å². The molecule has 0 radical (unpaired) electrons. The van der Waals surface area contributed by atoms with Crippen LogP contribution in [0.25, 0.3) is 0 Å². The first-order valence-corrected chi connectivity index (χ1v) is 27.2. The van der Waals surface area contributed by atoms with Crippen LogP contribution in [-0.2, 0) is 26.2 Å². The monoisotopic (exact) mass is 986 g/mol. The summed E-state index contributed by atoms with van der Waals surface area (Å²) in [7, 11) is -3.31. The van der Waals surface area contributed by atoms with Gasteiger partial charge in [0.15, 0.2) is 0 Å². The van der Waals surface area contributed by atoms with E-state index in [2.05, 4.69) is 72.8 Å². The van der Waals surface area contributed by atoms with Crippen LogP contribution in [0.1, 0.15) is 68.7 Å². The van der Waals surface area contributed by atoms with Gasteiger partial charge in [-0.3, -0.25) is 0 Å². The van der Waals surface area contributed by atoms with Gasteiger partial charge in [0.05, 0.1) is 36.5 Å². The van der Waals surface area contributed by atoms with E-state index < -0.39 is 40.9 Å². The van der Waals surface area contributed by atoms with E-state index in [1.165, 1.54) is 0 Å². The van der Waals surface area contributed by atoms with Gasteiger partial charge in [0.1, 0.15) is 23.0 Å². The smallest absolute Gasteiger partial charge is 0.321 e. The molecular formula is C60H52N4O6P2. The quantitative estimate of drug-likeness (QED) is 0.120. The van der Waals surface area contributed by atoms with Crippen molar-refractivity contribution in [3.8, 4) is 23.0 Å². The van der Waals surface area contributed by atoms with Gasteiger partial charge in [-0.2, -0.15) is 0 Å². The molecule has 4 atom stereocenters. The Morgan fingerprint density at radius 2 is 0.500 bits per heavy atom. The predicted octanol–water partition coefficient (Wildman–Crippen LogP) is 14.4. The molecule has 0 saturated carbocycles. The molecule has 8 aromatic rings. The summed E-state index contributed by atoms with van der Waals surface area (Å²) in [6, 6.07) is 71.5. The molecule has 0 bridgehead atoms. The predicted molar refractivity (Wildman–Crippen MR) is 282 cm³/mol. The second-order valence-corrected chi connectivity index (χ2v) is 21.4. The second-order valence-electron chi connectivity index (χ2n) is 18.4. The third kappa shape index (κ3) is 9.02. The number of hydrogen-bond donors (Lipinski definition) is 0. The lowest BCUT2D eigenvalue weighted by Crippen LogP contribution is -2.32. The number of urea groups is 2. The molecule has 0 aliphatic carbocycles. The SMILES string of the molecule is O=C1N(Cc2ccccc2)[C@@H]2c3ccccc3OP(CCP3Oc4ccccc4[C@@H]4[C@@H](c5ccccc5O3)N(Cc3ccccc3)C(=O)N4Cc3ccccc3)Oc3ccccc3[C@H]2N1Cc1ccccc1. The number of nitrogens with zero attached hydrogens (tertiary/aromatic N) is 4. The Hall–Kier alpha value is -7.64. The molecule has 0 unspecified atom stereocenters. The van der Waals surface area contributed by atoms with E-state index in [-0.39, 0.29) is 12.1 Å². The molecule has 4 aliphatic heterocycles. The second kappa shape index (κ2) is 20.2. The largest absolute Gasteiger partial charge is 0.438 e. The van der Waals surface area contributed by atoms with Crippen molar-refractivity contribution in [1.82, 2.24) is 19.6 Å². The summed E-state index contributed by atoms with van der Waals surface area (Å²) in [6.45, 7) is 1.68. The molecule has 4 amide bonds. The average molecular weight is 987 g/mol. The van der Waals surface area contributed by atoms with Gasteiger partial charge in [0.2, 0.25) is 0 Å². The zero-order chi connectivity index (χ0) is 48.4. The van der Waals surface area contributed by atoms with Crippen molar-refractivity contribution < 1.29 is 27.7 Å². The molecule has 0 aromatic heterocycles. The van der Waals surface area contributed by atoms with Gasteiger partial charge in [0.25, 0.3) is 16.8 Å². The zero-order valence-corrected chi connectivity index (χ0v) is 41.3. The Morgan fingerprint density at radius 1 is 0.292 bits per heavy atom. The fourth-order valence-corrected chi connectivity index (χ4v) is 14.0. The number of para-hydroxylation sites is 4. The maximum absolute atomic E-state index is 15.0. The summed E-state index contributed by atoms with van der Waals surface area (Å²) in [5.74, 6) is 2.70. The number of amides is 4. The first kappa shape index (κ1) is 45.5. The molecule has 12 heteroatoms. The van der Waals surface area contributed by atoms with Gasteiger partial charge in [-0.1, -0.05) is 194 Å². The summed E-state index contributed by atoms with van der Waals surface area (Å²) in [4.78, 5) is 38.0. The molecule has 2 saturated heterocycles. The first-order chi connectivity index (χ1) is 35.5. The third-order valence-corrected chi connectivity index (χ3v) is 17.1. The van der Waals surface area contributed by atoms with Crippen molar-refractivity contribution in [2.75, 3.05) is 12.3 Å². The lowest BCUT2D eigenvalue weighted by atomic mass is 9.91. The van der Waals surface area contributed by atoms with E-state index in [1.54, 1.807) is 0 Å². The van der Waals surface area contributed by atoms with Crippen LogP contribution in [0.4, 0.5) is 9.59 Å². The Balaban J connectivity index is 0.908. The maximum Gasteiger partial charge on any atom is 0.321 e. The molecule has 8 aromatic carbocycles. The van der Waals surface area contributed by atoms with Crippen molar-refractivity contribution in [2.24, 2.45) is 0 Å². The molecule has 10 nitrogen and oxygen atoms in total. The van der Waals surface area contributed by atoms with E-state index in [4.69, 9.17) is 18.1 Å². The lowest BCUT2D eigenvalue weighted by Gasteiger charge is -2.29. The molecule has 358 valence electrons. The van der Waals surface area contributed by atoms with Crippen molar-refractivity contribution >= 4 is 28.8 Å². The normalized spacial score (nSPS) is 19.4. The summed E-state index contributed by atoms with van der Waals surface area (Å²) in [5, 5.41) is 0. The molecule has 0 spiro atoms. The topological polar surface area (TPSA) is 84.0 Å². The molecule has 0 N–H and O–H groups in total. The summed E-state index contributed by atoms with van der Waals surface area (Å²) in [5.41, 5.74) is 7.83. The highest BCUT2D eigenvalue weighted by Crippen LogP contribution is 2.59. The van der Waals surface area contributed by atoms with Crippen molar-refractivity contribution in [3.05, 3.63) is 263 Å². The molecule has 4 aliphatic rings. The molecular weight excluding hydrogens is 935 g/mol. The van der Waals surface area contributed by atoms with E-state index in [9.17, 15) is 0 Å². The molecule has 12 rings (SSSR count). The Bertz CT molecular complexity index is 2770. The highest BCUT2D eigenvalue weighted by atomic mass is 31.2. The minimum Gasteiger partial charge on any atom is -0.438 e. The number of rotatable bonds is 11. The lowest BCUT2D eigenvalue weighted by molar-refractivity contribution is 0.180. The fourth-order valence-electron chi connectivity index (χ4n) is 10.7. The van der Waals surface area contributed by atoms with Crippen LogP contribution in [0, 0.1) is 0 Å². The molecule has 72 heavy (non-hydrogen) atoms. The Kier molecular flexibility index (Phi) is 12.8. The van der Waals surface area contributed by atoms with Crippen LogP contribution >= 0.6 is 16.8 Å². The Labute approximate surface area is 422 Å². The van der Waals surface area contributed by atoms with E-state index >= 15 is 9.59 Å². The number of benzene rings is 8. The summed E-state index contributed by atoms with van der Waals surface area (Å²) < 4.78 is 28.5. The van der Waals surface area contributed by atoms with Crippen molar-refractivity contribution in [3.63, 3.8) is 0 Å². The highest BCUT2D eigenvalue weighted by molar-refractivity contribution is 7.52. The maximum atomic E-state index is 15.0. The van der Waals surface area contributed by atoms with Crippen LogP contribution < -0.4 is 18.1 Å². The summed E-state index contributed by atoms with van der Waals surface area (Å²) in [6.07, 6.45) is 0.935. The van der Waals surface area contributed by atoms with Gasteiger partial charge in [0, 0.05) is 48.4 Å². The van der Waals surface area contributed by atoms with Crippen molar-refractivity contribution in [2.45, 2.75) is 50.3 Å². The Morgan fingerprint density at radius 3 is 0.736 bits per heavy atom. The standard InChI is InChI=1S/C60H52N4O6P2/c65-59-61(39-43-21-5-1-6-22-43)55-47-29-13-17-33-51(47)67-71(68-52-34-18-14-30-48(52)56(55)62(59)40-44-23-7-2-8-24-44)37-38-72-69-53-35-19-15-31-49(53)57-58(50-32-16-20-36-54(50)70-72)64(42-46-27-11-4-12-28-46)60(66)63(57)41-45-25-9-3-10-26-45/h1-36,55-58H,37-42H2/t55-,56-,57-,58-/m1/s1.